The molecule has 1 fully saturated rings. The Labute approximate surface area is 119 Å². The van der Waals surface area contributed by atoms with Gasteiger partial charge in [0.2, 0.25) is 0 Å². The van der Waals surface area contributed by atoms with Crippen LogP contribution < -0.4 is 10.5 Å². The Morgan fingerprint density at radius 2 is 2.21 bits per heavy atom. The third-order valence-electron chi connectivity index (χ3n) is 3.68. The van der Waals surface area contributed by atoms with Gasteiger partial charge < -0.3 is 10.5 Å². The van der Waals surface area contributed by atoms with Gasteiger partial charge >= 0.3 is 0 Å². The van der Waals surface area contributed by atoms with E-state index >= 15 is 0 Å². The molecule has 19 heavy (non-hydrogen) atoms. The summed E-state index contributed by atoms with van der Waals surface area (Å²) in [4.78, 5) is 2.06. The molecule has 106 valence electrons. The molecule has 0 aromatic heterocycles. The van der Waals surface area contributed by atoms with E-state index in [0.717, 1.165) is 13.0 Å². The Morgan fingerprint density at radius 1 is 1.53 bits per heavy atom. The zero-order valence-electron chi connectivity index (χ0n) is 10.9. The molecular weight excluding hydrogens is 318 g/mol. The summed E-state index contributed by atoms with van der Waals surface area (Å²) in [6.45, 7) is 1.40. The SMILES string of the molecule is COc1c(C2CC(CN)CN2C)cc(F)c(Br)c1F. The molecule has 1 aromatic carbocycles. The molecule has 1 heterocycles. The van der Waals surface area contributed by atoms with Crippen LogP contribution >= 0.6 is 15.9 Å². The normalized spacial score (nSPS) is 23.9. The quantitative estimate of drug-likeness (QED) is 0.864. The van der Waals surface area contributed by atoms with Crippen LogP contribution in [0.5, 0.6) is 5.75 Å². The molecule has 0 bridgehead atoms. The summed E-state index contributed by atoms with van der Waals surface area (Å²) in [5.41, 5.74) is 6.22. The van der Waals surface area contributed by atoms with Gasteiger partial charge in [-0.05, 0) is 47.9 Å². The summed E-state index contributed by atoms with van der Waals surface area (Å²) >= 11 is 2.89. The summed E-state index contributed by atoms with van der Waals surface area (Å²) in [5, 5.41) is 0. The van der Waals surface area contributed by atoms with Gasteiger partial charge in [-0.25, -0.2) is 8.78 Å². The maximum atomic E-state index is 14.0. The second kappa shape index (κ2) is 5.73. The average Bonchev–Trinajstić information content (AvgIpc) is 2.77. The predicted octanol–water partition coefficient (Wildman–Crippen LogP) is 2.69. The Hall–Kier alpha value is -0.720. The van der Waals surface area contributed by atoms with Crippen molar-refractivity contribution < 1.29 is 13.5 Å². The van der Waals surface area contributed by atoms with Crippen LogP contribution in [0.15, 0.2) is 10.5 Å². The molecule has 2 atom stereocenters. The number of nitrogens with two attached hydrogens (primary N) is 1. The van der Waals surface area contributed by atoms with Crippen molar-refractivity contribution in [2.75, 3.05) is 27.2 Å². The third kappa shape index (κ3) is 2.61. The zero-order valence-corrected chi connectivity index (χ0v) is 12.5. The van der Waals surface area contributed by atoms with Crippen molar-refractivity contribution in [2.24, 2.45) is 11.7 Å². The summed E-state index contributed by atoms with van der Waals surface area (Å²) in [6, 6.07) is 1.27. The molecule has 2 N–H and O–H groups in total. The van der Waals surface area contributed by atoms with E-state index in [1.54, 1.807) is 0 Å². The molecule has 6 heteroatoms. The van der Waals surface area contributed by atoms with Crippen LogP contribution in [0.2, 0.25) is 0 Å². The van der Waals surface area contributed by atoms with Crippen LogP contribution in [0.1, 0.15) is 18.0 Å². The molecule has 1 aromatic rings. The molecule has 2 unspecified atom stereocenters. The first kappa shape index (κ1) is 14.7. The standard InChI is InChI=1S/C13H17BrF2N2O/c1-18-6-7(5-17)3-10(18)8-4-9(15)11(14)12(16)13(8)19-2/h4,7,10H,3,5-6,17H2,1-2H3. The number of halogens is 3. The van der Waals surface area contributed by atoms with Crippen molar-refractivity contribution in [3.05, 3.63) is 27.7 Å². The summed E-state index contributed by atoms with van der Waals surface area (Å²) < 4.78 is 32.7. The maximum Gasteiger partial charge on any atom is 0.182 e. The molecule has 1 saturated heterocycles. The monoisotopic (exact) mass is 334 g/mol. The van der Waals surface area contributed by atoms with Gasteiger partial charge in [-0.2, -0.15) is 0 Å². The lowest BCUT2D eigenvalue weighted by Gasteiger charge is -2.22. The van der Waals surface area contributed by atoms with E-state index in [2.05, 4.69) is 20.8 Å². The topological polar surface area (TPSA) is 38.5 Å². The zero-order chi connectivity index (χ0) is 14.2. The van der Waals surface area contributed by atoms with Crippen LogP contribution in [-0.2, 0) is 0 Å². The number of rotatable bonds is 3. The Morgan fingerprint density at radius 3 is 2.74 bits per heavy atom. The molecule has 0 radical (unpaired) electrons. The van der Waals surface area contributed by atoms with Gasteiger partial charge in [0.25, 0.3) is 0 Å². The average molecular weight is 335 g/mol. The fourth-order valence-electron chi connectivity index (χ4n) is 2.69. The third-order valence-corrected chi connectivity index (χ3v) is 4.40. The highest BCUT2D eigenvalue weighted by atomic mass is 79.9. The lowest BCUT2D eigenvalue weighted by Crippen LogP contribution is -2.21. The number of methoxy groups -OCH3 is 1. The van der Waals surface area contributed by atoms with Crippen LogP contribution in [0.4, 0.5) is 8.78 Å². The van der Waals surface area contributed by atoms with Gasteiger partial charge in [0, 0.05) is 18.2 Å². The number of benzene rings is 1. The molecule has 2 rings (SSSR count). The van der Waals surface area contributed by atoms with Gasteiger partial charge in [-0.15, -0.1) is 0 Å². The fraction of sp³-hybridized carbons (Fsp3) is 0.538. The van der Waals surface area contributed by atoms with Crippen LogP contribution in [0, 0.1) is 17.6 Å². The van der Waals surface area contributed by atoms with Crippen LogP contribution in [-0.4, -0.2) is 32.1 Å². The Balaban J connectivity index is 2.45. The number of likely N-dealkylation sites (tertiary alicyclic amines) is 1. The number of hydrogen-bond acceptors (Lipinski definition) is 3. The minimum absolute atomic E-state index is 0.0689. The summed E-state index contributed by atoms with van der Waals surface area (Å²) in [7, 11) is 3.32. The highest BCUT2D eigenvalue weighted by molar-refractivity contribution is 9.10. The van der Waals surface area contributed by atoms with Crippen molar-refractivity contribution in [2.45, 2.75) is 12.5 Å². The van der Waals surface area contributed by atoms with Gasteiger partial charge in [0.15, 0.2) is 11.6 Å². The first-order valence-corrected chi connectivity index (χ1v) is 6.90. The van der Waals surface area contributed by atoms with Crippen LogP contribution in [0.3, 0.4) is 0 Å². The van der Waals surface area contributed by atoms with Gasteiger partial charge in [0.1, 0.15) is 5.82 Å². The molecule has 1 aliphatic heterocycles. The summed E-state index contributed by atoms with van der Waals surface area (Å²) in [5.74, 6) is -0.864. The largest absolute Gasteiger partial charge is 0.493 e. The van der Waals surface area contributed by atoms with Crippen LogP contribution in [0.25, 0.3) is 0 Å². The minimum Gasteiger partial charge on any atom is -0.493 e. The van der Waals surface area contributed by atoms with E-state index in [-0.39, 0.29) is 16.3 Å². The lowest BCUT2D eigenvalue weighted by molar-refractivity contribution is 0.296. The fourth-order valence-corrected chi connectivity index (χ4v) is 2.99. The highest BCUT2D eigenvalue weighted by Gasteiger charge is 2.33. The van der Waals surface area contributed by atoms with Crippen molar-refractivity contribution in [3.8, 4) is 5.75 Å². The van der Waals surface area contributed by atoms with E-state index in [1.165, 1.54) is 13.2 Å². The highest BCUT2D eigenvalue weighted by Crippen LogP contribution is 2.41. The van der Waals surface area contributed by atoms with E-state index in [9.17, 15) is 8.78 Å². The molecule has 0 amide bonds. The van der Waals surface area contributed by atoms with E-state index in [1.807, 2.05) is 7.05 Å². The molecule has 1 aliphatic rings. The molecule has 0 spiro atoms. The van der Waals surface area contributed by atoms with Crippen molar-refractivity contribution in [1.29, 1.82) is 0 Å². The number of hydrogen-bond donors (Lipinski definition) is 1. The molecular formula is C13H17BrF2N2O. The smallest absolute Gasteiger partial charge is 0.182 e. The predicted molar refractivity (Wildman–Crippen MR) is 73.1 cm³/mol. The molecule has 3 nitrogen and oxygen atoms in total. The Bertz CT molecular complexity index is 484. The van der Waals surface area contributed by atoms with E-state index < -0.39 is 11.6 Å². The first-order valence-electron chi connectivity index (χ1n) is 6.11. The van der Waals surface area contributed by atoms with Gasteiger partial charge in [-0.3, -0.25) is 4.90 Å². The van der Waals surface area contributed by atoms with Gasteiger partial charge in [-0.1, -0.05) is 0 Å². The van der Waals surface area contributed by atoms with E-state index in [4.69, 9.17) is 10.5 Å². The van der Waals surface area contributed by atoms with E-state index in [0.29, 0.717) is 18.0 Å². The van der Waals surface area contributed by atoms with Crippen molar-refractivity contribution in [3.63, 3.8) is 0 Å². The molecule has 0 aliphatic carbocycles. The minimum atomic E-state index is -0.693. The second-order valence-corrected chi connectivity index (χ2v) is 5.69. The van der Waals surface area contributed by atoms with Gasteiger partial charge in [0.05, 0.1) is 11.6 Å². The molecule has 0 saturated carbocycles. The maximum absolute atomic E-state index is 14.0. The summed E-state index contributed by atoms with van der Waals surface area (Å²) in [6.07, 6.45) is 0.782. The number of ether oxygens (including phenoxy) is 1. The van der Waals surface area contributed by atoms with Crippen molar-refractivity contribution in [1.82, 2.24) is 4.90 Å². The first-order chi connectivity index (χ1) is 8.99. The number of nitrogens with zero attached hydrogens (tertiary/aromatic N) is 1. The second-order valence-electron chi connectivity index (χ2n) is 4.90. The Kier molecular flexibility index (Phi) is 4.43. The lowest BCUT2D eigenvalue weighted by atomic mass is 9.98. The van der Waals surface area contributed by atoms with Crippen molar-refractivity contribution >= 4 is 15.9 Å².